The Morgan fingerprint density at radius 2 is 1.50 bits per heavy atom. The molecule has 0 bridgehead atoms. The Hall–Kier alpha value is -4.67. The zero-order chi connectivity index (χ0) is 39.0. The van der Waals surface area contributed by atoms with Gasteiger partial charge in [0.15, 0.2) is 0 Å². The molecule has 1 aromatic heterocycles. The second kappa shape index (κ2) is 21.3. The van der Waals surface area contributed by atoms with Gasteiger partial charge in [0.2, 0.25) is 6.04 Å². The molecule has 294 valence electrons. The number of para-hydroxylation sites is 1. The van der Waals surface area contributed by atoms with Crippen LogP contribution in [0.3, 0.4) is 0 Å². The number of aromatic carboxylic acids is 1. The Bertz CT molecular complexity index is 1680. The number of ether oxygens (including phenoxy) is 1. The molecule has 4 rings (SSSR count). The van der Waals surface area contributed by atoms with Crippen LogP contribution in [0, 0.1) is 0 Å². The Morgan fingerprint density at radius 1 is 0.870 bits per heavy atom. The summed E-state index contributed by atoms with van der Waals surface area (Å²) in [4.78, 5) is 58.8. The van der Waals surface area contributed by atoms with Crippen LogP contribution in [0.2, 0.25) is 0 Å². The highest BCUT2D eigenvalue weighted by molar-refractivity contribution is 6.14. The number of carboxylic acid groups (broad SMARTS) is 1. The largest absolute Gasteiger partial charge is 0.489 e. The van der Waals surface area contributed by atoms with Gasteiger partial charge in [-0.25, -0.2) is 9.48 Å². The lowest BCUT2D eigenvalue weighted by molar-refractivity contribution is -0.130. The highest BCUT2D eigenvalue weighted by Gasteiger charge is 2.39. The smallest absolute Gasteiger partial charge is 0.339 e. The molecule has 2 heterocycles. The maximum atomic E-state index is 14.5. The first-order chi connectivity index (χ1) is 26.1. The van der Waals surface area contributed by atoms with Crippen LogP contribution in [0.1, 0.15) is 150 Å². The van der Waals surface area contributed by atoms with Crippen LogP contribution in [0.5, 0.6) is 5.75 Å². The second-order valence-electron chi connectivity index (χ2n) is 14.6. The Kier molecular flexibility index (Phi) is 16.6. The van der Waals surface area contributed by atoms with Crippen LogP contribution in [0.25, 0.3) is 0 Å². The molecule has 54 heavy (non-hydrogen) atoms. The molecular formula is C43H61N5O6. The standard InChI is InChI=1S/C43H61N5O6/c1-6-9-11-13-15-19-26-46(27-20-16-14-12-10-7-2)41(50)33-23-24-38(54-31(4)5)35(29-33)45-40(49)39(48-36(8-3)34(30-44-48)43(52)53)42(51)47-28-25-32-21-17-18-22-37(32)47/h17-18,21-24,29-31,39H,6-16,19-20,25-28H2,1-5H3,(H,45,49)(H,52,53). The second-order valence-corrected chi connectivity index (χ2v) is 14.6. The van der Waals surface area contributed by atoms with E-state index in [0.717, 1.165) is 44.1 Å². The first kappa shape index (κ1) is 42.1. The van der Waals surface area contributed by atoms with Gasteiger partial charge >= 0.3 is 5.97 Å². The molecule has 0 radical (unpaired) electrons. The molecule has 0 spiro atoms. The number of hydrogen-bond acceptors (Lipinski definition) is 6. The summed E-state index contributed by atoms with van der Waals surface area (Å²) >= 11 is 0. The number of nitrogens with one attached hydrogen (secondary N) is 1. The van der Waals surface area contributed by atoms with Crippen LogP contribution >= 0.6 is 0 Å². The third kappa shape index (κ3) is 11.2. The summed E-state index contributed by atoms with van der Waals surface area (Å²) in [6.45, 7) is 11.6. The minimum absolute atomic E-state index is 0.0721. The average Bonchev–Trinajstić information content (AvgIpc) is 3.79. The average molecular weight is 744 g/mol. The quantitative estimate of drug-likeness (QED) is 0.0732. The number of aromatic nitrogens is 2. The molecule has 0 saturated heterocycles. The molecule has 11 nitrogen and oxygen atoms in total. The predicted octanol–water partition coefficient (Wildman–Crippen LogP) is 8.86. The Morgan fingerprint density at radius 3 is 2.11 bits per heavy atom. The first-order valence-corrected chi connectivity index (χ1v) is 20.2. The van der Waals surface area contributed by atoms with E-state index in [1.165, 1.54) is 49.4 Å². The number of anilines is 2. The van der Waals surface area contributed by atoms with Crippen LogP contribution in [0.4, 0.5) is 11.4 Å². The van der Waals surface area contributed by atoms with Crippen molar-refractivity contribution >= 4 is 35.1 Å². The third-order valence-electron chi connectivity index (χ3n) is 10.0. The first-order valence-electron chi connectivity index (χ1n) is 20.2. The highest BCUT2D eigenvalue weighted by atomic mass is 16.5. The molecule has 0 aliphatic carbocycles. The van der Waals surface area contributed by atoms with Crippen LogP contribution in [0.15, 0.2) is 48.7 Å². The zero-order valence-corrected chi connectivity index (χ0v) is 33.1. The van der Waals surface area contributed by atoms with Crippen molar-refractivity contribution in [3.63, 3.8) is 0 Å². The highest BCUT2D eigenvalue weighted by Crippen LogP contribution is 2.33. The summed E-state index contributed by atoms with van der Waals surface area (Å²) in [6, 6.07) is 11.1. The van der Waals surface area contributed by atoms with E-state index in [1.54, 1.807) is 30.0 Å². The van der Waals surface area contributed by atoms with Crippen molar-refractivity contribution in [2.24, 2.45) is 0 Å². The predicted molar refractivity (Wildman–Crippen MR) is 214 cm³/mol. The lowest BCUT2D eigenvalue weighted by Crippen LogP contribution is -2.43. The minimum atomic E-state index is -1.53. The third-order valence-corrected chi connectivity index (χ3v) is 10.0. The Labute approximate surface area is 321 Å². The number of carbonyl (C=O) groups is 4. The maximum Gasteiger partial charge on any atom is 0.339 e. The fourth-order valence-electron chi connectivity index (χ4n) is 7.17. The topological polar surface area (TPSA) is 134 Å². The number of rotatable bonds is 23. The summed E-state index contributed by atoms with van der Waals surface area (Å²) < 4.78 is 7.33. The SMILES string of the molecule is CCCCCCCCN(CCCCCCCC)C(=O)c1ccc(OC(C)C)c(NC(=O)C(C(=O)N2CCc3ccccc32)n2ncc(C(=O)O)c2CC)c1. The van der Waals surface area contributed by atoms with E-state index < -0.39 is 23.8 Å². The molecule has 2 N–H and O–H groups in total. The molecule has 1 aliphatic heterocycles. The van der Waals surface area contributed by atoms with Crippen LogP contribution < -0.4 is 15.0 Å². The van der Waals surface area contributed by atoms with Crippen molar-refractivity contribution in [1.29, 1.82) is 0 Å². The molecule has 1 unspecified atom stereocenters. The van der Waals surface area contributed by atoms with Crippen molar-refractivity contribution < 1.29 is 29.0 Å². The van der Waals surface area contributed by atoms with Gasteiger partial charge in [0, 0.05) is 30.9 Å². The van der Waals surface area contributed by atoms with E-state index in [-0.39, 0.29) is 35.4 Å². The van der Waals surface area contributed by atoms with Crippen molar-refractivity contribution in [3.8, 4) is 5.75 Å². The van der Waals surface area contributed by atoms with Crippen molar-refractivity contribution in [1.82, 2.24) is 14.7 Å². The summed E-state index contributed by atoms with van der Waals surface area (Å²) in [5, 5.41) is 17.1. The molecule has 0 saturated carbocycles. The van der Waals surface area contributed by atoms with E-state index in [1.807, 2.05) is 43.0 Å². The molecule has 1 atom stereocenters. The minimum Gasteiger partial charge on any atom is -0.489 e. The molecule has 3 aromatic rings. The van der Waals surface area contributed by atoms with Gasteiger partial charge in [-0.2, -0.15) is 5.10 Å². The van der Waals surface area contributed by atoms with E-state index in [0.29, 0.717) is 43.1 Å². The van der Waals surface area contributed by atoms with Gasteiger partial charge in [-0.1, -0.05) is 103 Å². The molecule has 3 amide bonds. The number of hydrogen-bond donors (Lipinski definition) is 2. The number of fused-ring (bicyclic) bond motifs is 1. The van der Waals surface area contributed by atoms with Gasteiger partial charge in [0.25, 0.3) is 17.7 Å². The molecular weight excluding hydrogens is 683 g/mol. The van der Waals surface area contributed by atoms with Crippen molar-refractivity contribution in [2.45, 2.75) is 137 Å². The number of benzene rings is 2. The van der Waals surface area contributed by atoms with Gasteiger partial charge in [-0.3, -0.25) is 14.4 Å². The normalized spacial score (nSPS) is 12.8. The van der Waals surface area contributed by atoms with Gasteiger partial charge in [-0.15, -0.1) is 0 Å². The number of nitrogens with zero attached hydrogens (tertiary/aromatic N) is 4. The van der Waals surface area contributed by atoms with Gasteiger partial charge in [0.05, 0.1) is 23.7 Å². The van der Waals surface area contributed by atoms with Crippen molar-refractivity contribution in [3.05, 3.63) is 71.0 Å². The fourth-order valence-corrected chi connectivity index (χ4v) is 7.17. The van der Waals surface area contributed by atoms with Crippen molar-refractivity contribution in [2.75, 3.05) is 29.9 Å². The molecule has 11 heteroatoms. The van der Waals surface area contributed by atoms with Gasteiger partial charge < -0.3 is 25.0 Å². The number of amides is 3. The molecule has 0 fully saturated rings. The lowest BCUT2D eigenvalue weighted by atomic mass is 10.1. The van der Waals surface area contributed by atoms with E-state index in [4.69, 9.17) is 4.74 Å². The van der Waals surface area contributed by atoms with Gasteiger partial charge in [-0.05, 0) is 69.4 Å². The zero-order valence-electron chi connectivity index (χ0n) is 33.1. The van der Waals surface area contributed by atoms with Crippen LogP contribution in [-0.4, -0.2) is 69.2 Å². The number of carboxylic acids is 1. The van der Waals surface area contributed by atoms with E-state index in [2.05, 4.69) is 24.3 Å². The maximum absolute atomic E-state index is 14.5. The molecule has 2 aromatic carbocycles. The fraction of sp³-hybridized carbons (Fsp3) is 0.558. The van der Waals surface area contributed by atoms with E-state index in [9.17, 15) is 24.3 Å². The van der Waals surface area contributed by atoms with E-state index >= 15 is 0 Å². The summed E-state index contributed by atoms with van der Waals surface area (Å²) in [5.41, 5.74) is 2.54. The summed E-state index contributed by atoms with van der Waals surface area (Å²) in [5.74, 6) is -2.20. The summed E-state index contributed by atoms with van der Waals surface area (Å²) in [7, 11) is 0. The Balaban J connectivity index is 1.66. The number of unbranched alkanes of at least 4 members (excludes halogenated alkanes) is 10. The monoisotopic (exact) mass is 743 g/mol. The van der Waals surface area contributed by atoms with Crippen LogP contribution in [-0.2, 0) is 22.4 Å². The molecule has 1 aliphatic rings. The summed E-state index contributed by atoms with van der Waals surface area (Å²) in [6.07, 6.45) is 15.3. The number of carbonyl (C=O) groups excluding carboxylic acids is 3. The lowest BCUT2D eigenvalue weighted by Gasteiger charge is -2.26. The van der Waals surface area contributed by atoms with Gasteiger partial charge in [0.1, 0.15) is 11.3 Å².